The van der Waals surface area contributed by atoms with E-state index in [1.54, 1.807) is 10.4 Å². The molecule has 2 heterocycles. The summed E-state index contributed by atoms with van der Waals surface area (Å²) in [4.78, 5) is 3.95. The van der Waals surface area contributed by atoms with E-state index in [2.05, 4.69) is 4.98 Å². The maximum atomic E-state index is 12.6. The van der Waals surface area contributed by atoms with E-state index in [1.807, 2.05) is 13.8 Å². The van der Waals surface area contributed by atoms with Gasteiger partial charge in [0, 0.05) is 18.3 Å². The largest absolute Gasteiger partial charge is 0.246 e. The Balaban J connectivity index is 2.45. The standard InChI is InChI=1S/C12H17ClN2O2S/c1-9-5-3-6-10(2)15(9)18(16,17)11-7-4-8-14-12(11)13/h4,7-10H,3,5-6H2,1-2H3/t9-,10+. The molecule has 4 nitrogen and oxygen atoms in total. The zero-order valence-corrected chi connectivity index (χ0v) is 12.1. The molecule has 2 atom stereocenters. The minimum atomic E-state index is -3.55. The second-order valence-corrected chi connectivity index (χ2v) is 6.93. The minimum Gasteiger partial charge on any atom is -0.243 e. The highest BCUT2D eigenvalue weighted by atomic mass is 35.5. The van der Waals surface area contributed by atoms with Crippen molar-refractivity contribution in [1.82, 2.24) is 9.29 Å². The second kappa shape index (κ2) is 5.15. The molecule has 18 heavy (non-hydrogen) atoms. The molecule has 1 aromatic heterocycles. The van der Waals surface area contributed by atoms with Crippen molar-refractivity contribution >= 4 is 21.6 Å². The van der Waals surface area contributed by atoms with Gasteiger partial charge in [0.05, 0.1) is 0 Å². The van der Waals surface area contributed by atoms with E-state index in [4.69, 9.17) is 11.6 Å². The van der Waals surface area contributed by atoms with Gasteiger partial charge in [0.15, 0.2) is 0 Å². The molecular weight excluding hydrogens is 272 g/mol. The van der Waals surface area contributed by atoms with Crippen LogP contribution in [0.4, 0.5) is 0 Å². The van der Waals surface area contributed by atoms with Crippen LogP contribution in [0.1, 0.15) is 33.1 Å². The third-order valence-corrected chi connectivity index (χ3v) is 5.97. The molecule has 6 heteroatoms. The van der Waals surface area contributed by atoms with Crippen molar-refractivity contribution in [2.24, 2.45) is 0 Å². The number of hydrogen-bond donors (Lipinski definition) is 0. The fraction of sp³-hybridized carbons (Fsp3) is 0.583. The maximum Gasteiger partial charge on any atom is 0.246 e. The lowest BCUT2D eigenvalue weighted by molar-refractivity contribution is 0.204. The van der Waals surface area contributed by atoms with Crippen LogP contribution < -0.4 is 0 Å². The van der Waals surface area contributed by atoms with Gasteiger partial charge in [-0.2, -0.15) is 4.31 Å². The summed E-state index contributed by atoms with van der Waals surface area (Å²) in [6, 6.07) is 3.13. The fourth-order valence-electron chi connectivity index (χ4n) is 2.55. The van der Waals surface area contributed by atoms with Crippen molar-refractivity contribution in [3.05, 3.63) is 23.5 Å². The van der Waals surface area contributed by atoms with E-state index in [0.717, 1.165) is 19.3 Å². The lowest BCUT2D eigenvalue weighted by atomic mass is 10.0. The first-order chi connectivity index (χ1) is 8.44. The SMILES string of the molecule is C[C@@H]1CCC[C@H](C)N1S(=O)(=O)c1cccnc1Cl. The van der Waals surface area contributed by atoms with Crippen LogP contribution in [0.15, 0.2) is 23.2 Å². The molecule has 0 aromatic carbocycles. The van der Waals surface area contributed by atoms with Crippen LogP contribution in [0.25, 0.3) is 0 Å². The van der Waals surface area contributed by atoms with E-state index < -0.39 is 10.0 Å². The predicted octanol–water partition coefficient (Wildman–Crippen LogP) is 2.69. The van der Waals surface area contributed by atoms with Crippen LogP contribution >= 0.6 is 11.6 Å². The highest BCUT2D eigenvalue weighted by Gasteiger charge is 2.36. The van der Waals surface area contributed by atoms with E-state index in [1.165, 1.54) is 12.3 Å². The van der Waals surface area contributed by atoms with Gasteiger partial charge in [-0.05, 0) is 38.8 Å². The third-order valence-electron chi connectivity index (χ3n) is 3.39. The Morgan fingerprint density at radius 2 is 1.94 bits per heavy atom. The molecule has 0 radical (unpaired) electrons. The normalized spacial score (nSPS) is 26.2. The zero-order chi connectivity index (χ0) is 13.3. The number of nitrogens with zero attached hydrogens (tertiary/aromatic N) is 2. The smallest absolute Gasteiger partial charge is 0.243 e. The van der Waals surface area contributed by atoms with Crippen LogP contribution in [0.2, 0.25) is 5.15 Å². The molecule has 1 aliphatic rings. The van der Waals surface area contributed by atoms with Crippen molar-refractivity contribution in [3.63, 3.8) is 0 Å². The maximum absolute atomic E-state index is 12.6. The molecule has 2 rings (SSSR count). The number of halogens is 1. The molecule has 1 aromatic rings. The number of piperidine rings is 1. The average Bonchev–Trinajstić information content (AvgIpc) is 2.28. The van der Waals surface area contributed by atoms with Gasteiger partial charge in [-0.15, -0.1) is 0 Å². The summed E-state index contributed by atoms with van der Waals surface area (Å²) in [7, 11) is -3.55. The van der Waals surface area contributed by atoms with Crippen LogP contribution in [-0.2, 0) is 10.0 Å². The van der Waals surface area contributed by atoms with Gasteiger partial charge in [0.2, 0.25) is 10.0 Å². The molecule has 1 aliphatic heterocycles. The minimum absolute atomic E-state index is 0.00928. The average molecular weight is 289 g/mol. The Hall–Kier alpha value is -0.650. The molecule has 1 fully saturated rings. The molecule has 0 saturated carbocycles. The van der Waals surface area contributed by atoms with Crippen molar-refractivity contribution in [2.75, 3.05) is 0 Å². The molecule has 1 saturated heterocycles. The zero-order valence-electron chi connectivity index (χ0n) is 10.5. The Kier molecular flexibility index (Phi) is 3.94. The first-order valence-electron chi connectivity index (χ1n) is 6.08. The molecule has 0 amide bonds. The quantitative estimate of drug-likeness (QED) is 0.786. The third kappa shape index (κ3) is 2.39. The number of hydrogen-bond acceptors (Lipinski definition) is 3. The van der Waals surface area contributed by atoms with Crippen LogP contribution in [-0.4, -0.2) is 29.8 Å². The summed E-state index contributed by atoms with van der Waals surface area (Å²) in [6.45, 7) is 3.88. The molecule has 0 spiro atoms. The Morgan fingerprint density at radius 3 is 2.50 bits per heavy atom. The first kappa shape index (κ1) is 13.8. The Labute approximate surface area is 113 Å². The summed E-state index contributed by atoms with van der Waals surface area (Å²) < 4.78 is 26.8. The van der Waals surface area contributed by atoms with Gasteiger partial charge in [0.25, 0.3) is 0 Å². The number of sulfonamides is 1. The van der Waals surface area contributed by atoms with Gasteiger partial charge in [-0.1, -0.05) is 18.0 Å². The van der Waals surface area contributed by atoms with Crippen LogP contribution in [0.5, 0.6) is 0 Å². The summed E-state index contributed by atoms with van der Waals surface area (Å²) in [6.07, 6.45) is 4.34. The lowest BCUT2D eigenvalue weighted by Gasteiger charge is -2.37. The fourth-order valence-corrected chi connectivity index (χ4v) is 4.86. The summed E-state index contributed by atoms with van der Waals surface area (Å²) in [5, 5.41) is 0.0440. The van der Waals surface area contributed by atoms with Gasteiger partial charge in [-0.3, -0.25) is 0 Å². The Bertz CT molecular complexity index is 523. The van der Waals surface area contributed by atoms with Gasteiger partial charge in [0.1, 0.15) is 10.0 Å². The highest BCUT2D eigenvalue weighted by molar-refractivity contribution is 7.89. The van der Waals surface area contributed by atoms with Crippen molar-refractivity contribution in [3.8, 4) is 0 Å². The molecule has 0 bridgehead atoms. The van der Waals surface area contributed by atoms with Crippen LogP contribution in [0, 0.1) is 0 Å². The Morgan fingerprint density at radius 1 is 1.33 bits per heavy atom. The van der Waals surface area contributed by atoms with E-state index >= 15 is 0 Å². The topological polar surface area (TPSA) is 50.3 Å². The number of pyridine rings is 1. The lowest BCUT2D eigenvalue weighted by Crippen LogP contribution is -2.47. The highest BCUT2D eigenvalue weighted by Crippen LogP contribution is 2.31. The van der Waals surface area contributed by atoms with Crippen molar-refractivity contribution in [1.29, 1.82) is 0 Å². The van der Waals surface area contributed by atoms with E-state index in [-0.39, 0.29) is 22.1 Å². The van der Waals surface area contributed by atoms with Crippen molar-refractivity contribution in [2.45, 2.75) is 50.1 Å². The predicted molar refractivity (Wildman–Crippen MR) is 71.0 cm³/mol. The van der Waals surface area contributed by atoms with Crippen LogP contribution in [0.3, 0.4) is 0 Å². The van der Waals surface area contributed by atoms with Gasteiger partial charge in [-0.25, -0.2) is 13.4 Å². The van der Waals surface area contributed by atoms with E-state index in [0.29, 0.717) is 0 Å². The second-order valence-electron chi connectivity index (χ2n) is 4.76. The van der Waals surface area contributed by atoms with Crippen molar-refractivity contribution < 1.29 is 8.42 Å². The summed E-state index contributed by atoms with van der Waals surface area (Å²) in [5.41, 5.74) is 0. The van der Waals surface area contributed by atoms with Gasteiger partial charge >= 0.3 is 0 Å². The van der Waals surface area contributed by atoms with Gasteiger partial charge < -0.3 is 0 Å². The summed E-state index contributed by atoms with van der Waals surface area (Å²) in [5.74, 6) is 0. The monoisotopic (exact) mass is 288 g/mol. The number of aromatic nitrogens is 1. The molecule has 0 N–H and O–H groups in total. The molecule has 0 unspecified atom stereocenters. The summed E-state index contributed by atoms with van der Waals surface area (Å²) >= 11 is 5.91. The first-order valence-corrected chi connectivity index (χ1v) is 7.90. The number of rotatable bonds is 2. The molecule has 100 valence electrons. The van der Waals surface area contributed by atoms with E-state index in [9.17, 15) is 8.42 Å². The molecular formula is C12H17ClN2O2S. The molecule has 0 aliphatic carbocycles.